The van der Waals surface area contributed by atoms with E-state index in [1.165, 1.54) is 0 Å². The Bertz CT molecular complexity index is 499. The number of carboxylic acids is 1. The van der Waals surface area contributed by atoms with E-state index in [9.17, 15) is 18.4 Å². The molecule has 0 aromatic carbocycles. The van der Waals surface area contributed by atoms with E-state index < -0.39 is 30.6 Å². The Balaban J connectivity index is 2.98. The molecule has 1 N–H and O–H groups in total. The quantitative estimate of drug-likeness (QED) is 0.925. The molecular formula is C11H14F2N2O4S. The molecule has 9 heteroatoms. The molecule has 0 bridgehead atoms. The van der Waals surface area contributed by atoms with Gasteiger partial charge in [-0.2, -0.15) is 0 Å². The van der Waals surface area contributed by atoms with Crippen molar-refractivity contribution in [3.8, 4) is 0 Å². The number of hydrogen-bond donors (Lipinski definition) is 1. The molecular weight excluding hydrogens is 294 g/mol. The van der Waals surface area contributed by atoms with Gasteiger partial charge in [0.15, 0.2) is 5.13 Å². The maximum absolute atomic E-state index is 12.5. The first kappa shape index (κ1) is 16.3. The maximum Gasteiger partial charge on any atom is 0.416 e. The lowest BCUT2D eigenvalue weighted by Crippen LogP contribution is -2.39. The molecule has 1 aromatic rings. The van der Waals surface area contributed by atoms with Crippen LogP contribution in [0.5, 0.6) is 0 Å². The van der Waals surface area contributed by atoms with E-state index in [4.69, 9.17) is 9.84 Å². The third-order valence-corrected chi connectivity index (χ3v) is 2.88. The summed E-state index contributed by atoms with van der Waals surface area (Å²) in [6.45, 7) is 3.86. The van der Waals surface area contributed by atoms with Crippen LogP contribution in [0.15, 0.2) is 6.20 Å². The van der Waals surface area contributed by atoms with Gasteiger partial charge in [0, 0.05) is 0 Å². The fraction of sp³-hybridized carbons (Fsp3) is 0.545. The third kappa shape index (κ3) is 4.72. The van der Waals surface area contributed by atoms with E-state index in [0.717, 1.165) is 6.20 Å². The Kier molecular flexibility index (Phi) is 4.98. The van der Waals surface area contributed by atoms with E-state index in [2.05, 4.69) is 4.98 Å². The Hall–Kier alpha value is -1.77. The van der Waals surface area contributed by atoms with Crippen LogP contribution in [0.4, 0.5) is 18.7 Å². The summed E-state index contributed by atoms with van der Waals surface area (Å²) in [4.78, 5) is 26.8. The molecule has 0 aliphatic rings. The van der Waals surface area contributed by atoms with Crippen molar-refractivity contribution < 1.29 is 28.2 Å². The Morgan fingerprint density at radius 2 is 2.10 bits per heavy atom. The zero-order chi connectivity index (χ0) is 15.5. The summed E-state index contributed by atoms with van der Waals surface area (Å²) >= 11 is 0.627. The molecule has 0 aliphatic carbocycles. The number of thiazole rings is 1. The van der Waals surface area contributed by atoms with Crippen molar-refractivity contribution in [2.75, 3.05) is 11.4 Å². The fourth-order valence-electron chi connectivity index (χ4n) is 1.17. The lowest BCUT2D eigenvalue weighted by molar-refractivity contribution is 0.0543. The average Bonchev–Trinajstić information content (AvgIpc) is 2.71. The van der Waals surface area contributed by atoms with Gasteiger partial charge in [0.2, 0.25) is 0 Å². The largest absolute Gasteiger partial charge is 0.477 e. The second-order valence-corrected chi connectivity index (χ2v) is 5.80. The van der Waals surface area contributed by atoms with Crippen molar-refractivity contribution in [1.82, 2.24) is 4.98 Å². The molecule has 112 valence electrons. The number of carbonyl (C=O) groups is 2. The molecule has 0 saturated carbocycles. The minimum Gasteiger partial charge on any atom is -0.477 e. The van der Waals surface area contributed by atoms with Gasteiger partial charge in [-0.05, 0) is 20.8 Å². The SMILES string of the molecule is CC(C)(C)OC(=O)N(CC(F)F)c1ncc(C(=O)O)s1. The highest BCUT2D eigenvalue weighted by atomic mass is 32.1. The lowest BCUT2D eigenvalue weighted by Gasteiger charge is -2.25. The van der Waals surface area contributed by atoms with Crippen molar-refractivity contribution in [2.45, 2.75) is 32.8 Å². The number of ether oxygens (including phenoxy) is 1. The van der Waals surface area contributed by atoms with Gasteiger partial charge in [-0.25, -0.2) is 28.3 Å². The minimum atomic E-state index is -2.79. The third-order valence-electron chi connectivity index (χ3n) is 1.87. The zero-order valence-corrected chi connectivity index (χ0v) is 11.9. The van der Waals surface area contributed by atoms with Gasteiger partial charge in [0.05, 0.1) is 12.7 Å². The highest BCUT2D eigenvalue weighted by Crippen LogP contribution is 2.25. The number of rotatable bonds is 4. The molecule has 6 nitrogen and oxygen atoms in total. The molecule has 1 rings (SSSR count). The number of aromatic nitrogens is 1. The second-order valence-electron chi connectivity index (χ2n) is 4.79. The monoisotopic (exact) mass is 308 g/mol. The number of alkyl halides is 2. The molecule has 0 unspecified atom stereocenters. The Labute approximate surface area is 118 Å². The number of aromatic carboxylic acids is 1. The maximum atomic E-state index is 12.5. The number of carboxylic acid groups (broad SMARTS) is 1. The molecule has 1 aromatic heterocycles. The molecule has 0 atom stereocenters. The summed E-state index contributed by atoms with van der Waals surface area (Å²) in [5, 5.41) is 8.63. The Morgan fingerprint density at radius 3 is 2.50 bits per heavy atom. The first-order chi connectivity index (χ1) is 9.10. The predicted octanol–water partition coefficient (Wildman–Crippen LogP) is 2.85. The van der Waals surface area contributed by atoms with Crippen LogP contribution in [-0.4, -0.2) is 40.7 Å². The first-order valence-corrected chi connectivity index (χ1v) is 6.39. The minimum absolute atomic E-state index is 0.142. The standard InChI is InChI=1S/C11H14F2N2O4S/c1-11(2,3)19-10(18)15(5-7(12)13)9-14-4-6(20-9)8(16)17/h4,7H,5H2,1-3H3,(H,16,17). The Morgan fingerprint density at radius 1 is 1.50 bits per heavy atom. The molecule has 1 amide bonds. The fourth-order valence-corrected chi connectivity index (χ4v) is 1.93. The van der Waals surface area contributed by atoms with E-state index in [0.29, 0.717) is 16.2 Å². The van der Waals surface area contributed by atoms with Crippen molar-refractivity contribution >= 4 is 28.5 Å². The number of halogens is 2. The highest BCUT2D eigenvalue weighted by Gasteiger charge is 2.28. The van der Waals surface area contributed by atoms with E-state index in [-0.39, 0.29) is 10.0 Å². The molecule has 1 heterocycles. The molecule has 0 spiro atoms. The first-order valence-electron chi connectivity index (χ1n) is 5.58. The van der Waals surface area contributed by atoms with Crippen molar-refractivity contribution in [3.63, 3.8) is 0 Å². The summed E-state index contributed by atoms with van der Waals surface area (Å²) < 4.78 is 30.1. The highest BCUT2D eigenvalue weighted by molar-refractivity contribution is 7.17. The molecule has 20 heavy (non-hydrogen) atoms. The number of anilines is 1. The number of carbonyl (C=O) groups excluding carboxylic acids is 1. The van der Waals surface area contributed by atoms with Crippen molar-refractivity contribution in [2.24, 2.45) is 0 Å². The summed E-state index contributed by atoms with van der Waals surface area (Å²) in [6.07, 6.45) is -2.78. The van der Waals surface area contributed by atoms with Gasteiger partial charge in [0.25, 0.3) is 6.43 Å². The normalized spacial score (nSPS) is 11.5. The second kappa shape index (κ2) is 6.12. The lowest BCUT2D eigenvalue weighted by atomic mass is 10.2. The number of nitrogens with zero attached hydrogens (tertiary/aromatic N) is 2. The van der Waals surface area contributed by atoms with Crippen LogP contribution in [-0.2, 0) is 4.74 Å². The van der Waals surface area contributed by atoms with Crippen LogP contribution >= 0.6 is 11.3 Å². The van der Waals surface area contributed by atoms with E-state index in [1.54, 1.807) is 20.8 Å². The van der Waals surface area contributed by atoms with Crippen molar-refractivity contribution in [3.05, 3.63) is 11.1 Å². The summed E-state index contributed by atoms with van der Waals surface area (Å²) in [5.41, 5.74) is -0.857. The number of hydrogen-bond acceptors (Lipinski definition) is 5. The van der Waals surface area contributed by atoms with Gasteiger partial charge in [-0.15, -0.1) is 0 Å². The van der Waals surface area contributed by atoms with Crippen molar-refractivity contribution in [1.29, 1.82) is 0 Å². The van der Waals surface area contributed by atoms with E-state index >= 15 is 0 Å². The summed E-state index contributed by atoms with van der Waals surface area (Å²) in [5.74, 6) is -1.24. The topological polar surface area (TPSA) is 79.7 Å². The van der Waals surface area contributed by atoms with Crippen LogP contribution in [0, 0.1) is 0 Å². The van der Waals surface area contributed by atoms with Crippen LogP contribution in [0.3, 0.4) is 0 Å². The molecule has 0 saturated heterocycles. The van der Waals surface area contributed by atoms with Crippen LogP contribution in [0.1, 0.15) is 30.4 Å². The predicted molar refractivity (Wildman–Crippen MR) is 68.7 cm³/mol. The molecule has 0 radical (unpaired) electrons. The van der Waals surface area contributed by atoms with Crippen LogP contribution in [0.25, 0.3) is 0 Å². The summed E-state index contributed by atoms with van der Waals surface area (Å²) in [6, 6.07) is 0. The van der Waals surface area contributed by atoms with Gasteiger partial charge in [-0.3, -0.25) is 0 Å². The van der Waals surface area contributed by atoms with Gasteiger partial charge in [-0.1, -0.05) is 11.3 Å². The average molecular weight is 308 g/mol. The van der Waals surface area contributed by atoms with Gasteiger partial charge < -0.3 is 9.84 Å². The van der Waals surface area contributed by atoms with E-state index in [1.807, 2.05) is 0 Å². The van der Waals surface area contributed by atoms with Gasteiger partial charge >= 0.3 is 12.1 Å². The van der Waals surface area contributed by atoms with Crippen LogP contribution < -0.4 is 4.90 Å². The zero-order valence-electron chi connectivity index (χ0n) is 11.1. The van der Waals surface area contributed by atoms with Gasteiger partial charge in [0.1, 0.15) is 10.5 Å². The molecule has 0 aliphatic heterocycles. The number of amides is 1. The summed E-state index contributed by atoms with van der Waals surface area (Å²) in [7, 11) is 0. The smallest absolute Gasteiger partial charge is 0.416 e. The van der Waals surface area contributed by atoms with Crippen LogP contribution in [0.2, 0.25) is 0 Å². The molecule has 0 fully saturated rings.